The van der Waals surface area contributed by atoms with Crippen molar-refractivity contribution in [3.8, 4) is 0 Å². The number of nitrogens with zero attached hydrogens (tertiary/aromatic N) is 4. The van der Waals surface area contributed by atoms with Gasteiger partial charge in [-0.3, -0.25) is 4.99 Å². The summed E-state index contributed by atoms with van der Waals surface area (Å²) < 4.78 is 37.0. The average molecular weight is 555 g/mol. The van der Waals surface area contributed by atoms with E-state index in [4.69, 9.17) is 14.3 Å². The Morgan fingerprint density at radius 2 is 2.03 bits per heavy atom. The summed E-state index contributed by atoms with van der Waals surface area (Å²) in [6.45, 7) is 9.34. The summed E-state index contributed by atoms with van der Waals surface area (Å²) in [5.41, 5.74) is 0.725. The van der Waals surface area contributed by atoms with Crippen LogP contribution < -0.4 is 5.32 Å². The normalized spacial score (nSPS) is 19.4. The van der Waals surface area contributed by atoms with Crippen LogP contribution in [0.3, 0.4) is 0 Å². The molecule has 0 unspecified atom stereocenters. The molecule has 1 saturated heterocycles. The molecule has 1 N–H and O–H groups in total. The Kier molecular flexibility index (Phi) is 9.82. The lowest BCUT2D eigenvalue weighted by Gasteiger charge is -2.36. The number of ether oxygens (including phenoxy) is 1. The predicted molar refractivity (Wildman–Crippen MR) is 126 cm³/mol. The van der Waals surface area contributed by atoms with E-state index >= 15 is 0 Å². The molecular weight excluding hydrogens is 521 g/mol. The standard InChI is InChI=1S/C19H33N5O4S.HI/c1-3-20-18(21-16-19(6-7-19)8-14-27-4-2)23-9-11-24(12-10-23)29(25,26)15-17-5-13-28-22-17;/h5,13H,3-4,6-12,14-16H2,1-2H3,(H,20,21);1H. The van der Waals surface area contributed by atoms with Crippen molar-refractivity contribution < 1.29 is 17.7 Å². The second kappa shape index (κ2) is 11.6. The van der Waals surface area contributed by atoms with Crippen LogP contribution in [0.1, 0.15) is 38.8 Å². The Bertz CT molecular complexity index is 760. The minimum Gasteiger partial charge on any atom is -0.382 e. The third-order valence-corrected chi connectivity index (χ3v) is 7.40. The van der Waals surface area contributed by atoms with E-state index in [-0.39, 0.29) is 29.7 Å². The van der Waals surface area contributed by atoms with Crippen LogP contribution >= 0.6 is 24.0 Å². The van der Waals surface area contributed by atoms with Crippen LogP contribution in [0.5, 0.6) is 0 Å². The fraction of sp³-hybridized carbons (Fsp3) is 0.789. The van der Waals surface area contributed by atoms with Crippen LogP contribution in [-0.2, 0) is 20.5 Å². The van der Waals surface area contributed by atoms with Gasteiger partial charge in [0, 0.05) is 58.5 Å². The lowest BCUT2D eigenvalue weighted by molar-refractivity contribution is 0.129. The van der Waals surface area contributed by atoms with Gasteiger partial charge >= 0.3 is 0 Å². The molecule has 2 aliphatic rings. The van der Waals surface area contributed by atoms with Crippen LogP contribution in [0.2, 0.25) is 0 Å². The minimum atomic E-state index is -3.40. The van der Waals surface area contributed by atoms with Crippen molar-refractivity contribution in [3.05, 3.63) is 18.0 Å². The predicted octanol–water partition coefficient (Wildman–Crippen LogP) is 1.91. The number of nitrogens with one attached hydrogen (secondary N) is 1. The smallest absolute Gasteiger partial charge is 0.220 e. The van der Waals surface area contributed by atoms with Gasteiger partial charge in [0.15, 0.2) is 5.96 Å². The number of rotatable bonds is 10. The number of hydrogen-bond donors (Lipinski definition) is 1. The molecule has 0 amide bonds. The minimum absolute atomic E-state index is 0. The molecule has 1 aromatic heterocycles. The number of aromatic nitrogens is 1. The zero-order valence-electron chi connectivity index (χ0n) is 17.9. The molecule has 2 fully saturated rings. The second-order valence-corrected chi connectivity index (χ2v) is 9.72. The maximum absolute atomic E-state index is 12.6. The van der Waals surface area contributed by atoms with Gasteiger partial charge in [0.2, 0.25) is 10.0 Å². The summed E-state index contributed by atoms with van der Waals surface area (Å²) in [4.78, 5) is 7.04. The van der Waals surface area contributed by atoms with Gasteiger partial charge in [0.05, 0.1) is 5.69 Å². The highest BCUT2D eigenvalue weighted by Gasteiger charge is 2.42. The highest BCUT2D eigenvalue weighted by molar-refractivity contribution is 14.0. The third-order valence-electron chi connectivity index (χ3n) is 5.59. The first-order valence-corrected chi connectivity index (χ1v) is 12.1. The topological polar surface area (TPSA) is 100 Å². The summed E-state index contributed by atoms with van der Waals surface area (Å²) in [5, 5.41) is 7.08. The molecule has 1 aromatic rings. The number of sulfonamides is 1. The Morgan fingerprint density at radius 3 is 2.60 bits per heavy atom. The van der Waals surface area contributed by atoms with Crippen LogP contribution in [-0.4, -0.2) is 81.2 Å². The lowest BCUT2D eigenvalue weighted by Crippen LogP contribution is -2.54. The molecule has 0 spiro atoms. The second-order valence-electron chi connectivity index (χ2n) is 7.75. The van der Waals surface area contributed by atoms with Crippen molar-refractivity contribution in [1.29, 1.82) is 0 Å². The monoisotopic (exact) mass is 555 g/mol. The van der Waals surface area contributed by atoms with Gasteiger partial charge in [-0.1, -0.05) is 5.16 Å². The van der Waals surface area contributed by atoms with Gasteiger partial charge < -0.3 is 19.5 Å². The van der Waals surface area contributed by atoms with E-state index in [0.717, 1.165) is 38.7 Å². The first-order chi connectivity index (χ1) is 14.0. The van der Waals surface area contributed by atoms with Crippen molar-refractivity contribution in [2.45, 2.75) is 38.9 Å². The van der Waals surface area contributed by atoms with E-state index < -0.39 is 10.0 Å². The van der Waals surface area contributed by atoms with Crippen molar-refractivity contribution in [2.75, 3.05) is 52.5 Å². The summed E-state index contributed by atoms with van der Waals surface area (Å²) in [6.07, 6.45) is 4.86. The molecule has 1 aliphatic carbocycles. The lowest BCUT2D eigenvalue weighted by atomic mass is 10.0. The first-order valence-electron chi connectivity index (χ1n) is 10.5. The van der Waals surface area contributed by atoms with Gasteiger partial charge in [-0.2, -0.15) is 4.31 Å². The fourth-order valence-corrected chi connectivity index (χ4v) is 4.96. The van der Waals surface area contributed by atoms with Crippen LogP contribution in [0.25, 0.3) is 0 Å². The van der Waals surface area contributed by atoms with Crippen molar-refractivity contribution >= 4 is 40.0 Å². The largest absolute Gasteiger partial charge is 0.382 e. The number of piperazine rings is 1. The molecule has 0 aromatic carbocycles. The number of guanidine groups is 1. The Labute approximate surface area is 196 Å². The molecule has 9 nitrogen and oxygen atoms in total. The number of halogens is 1. The molecule has 3 rings (SSSR count). The summed E-state index contributed by atoms with van der Waals surface area (Å²) in [7, 11) is -3.40. The zero-order valence-corrected chi connectivity index (χ0v) is 21.0. The molecule has 0 bridgehead atoms. The number of aliphatic imine (C=N–C) groups is 1. The molecule has 172 valence electrons. The van der Waals surface area contributed by atoms with Gasteiger partial charge in [-0.05, 0) is 38.5 Å². The molecule has 0 atom stereocenters. The van der Waals surface area contributed by atoms with Crippen LogP contribution in [0.15, 0.2) is 21.8 Å². The molecule has 1 aliphatic heterocycles. The van der Waals surface area contributed by atoms with Crippen molar-refractivity contribution in [3.63, 3.8) is 0 Å². The van der Waals surface area contributed by atoms with Crippen molar-refractivity contribution in [2.24, 2.45) is 10.4 Å². The molecule has 11 heteroatoms. The van der Waals surface area contributed by atoms with E-state index in [0.29, 0.717) is 37.3 Å². The Morgan fingerprint density at radius 1 is 1.30 bits per heavy atom. The molecule has 2 heterocycles. The van der Waals surface area contributed by atoms with Crippen molar-refractivity contribution in [1.82, 2.24) is 19.7 Å². The van der Waals surface area contributed by atoms with Gasteiger partial charge in [-0.15, -0.1) is 24.0 Å². The molecule has 1 saturated carbocycles. The summed E-state index contributed by atoms with van der Waals surface area (Å²) in [5.74, 6) is 0.753. The maximum atomic E-state index is 12.6. The number of hydrogen-bond acceptors (Lipinski definition) is 6. The van der Waals surface area contributed by atoms with Crippen LogP contribution in [0.4, 0.5) is 0 Å². The van der Waals surface area contributed by atoms with Crippen LogP contribution in [0, 0.1) is 5.41 Å². The highest BCUT2D eigenvalue weighted by atomic mass is 127. The fourth-order valence-electron chi connectivity index (χ4n) is 3.53. The maximum Gasteiger partial charge on any atom is 0.220 e. The highest BCUT2D eigenvalue weighted by Crippen LogP contribution is 2.49. The third kappa shape index (κ3) is 7.06. The van der Waals surface area contributed by atoms with E-state index in [1.54, 1.807) is 6.07 Å². The van der Waals surface area contributed by atoms with E-state index in [1.807, 2.05) is 6.92 Å². The molecule has 30 heavy (non-hydrogen) atoms. The van der Waals surface area contributed by atoms with E-state index in [9.17, 15) is 8.42 Å². The average Bonchev–Trinajstić information content (AvgIpc) is 3.30. The Hall–Kier alpha value is -0.920. The van der Waals surface area contributed by atoms with E-state index in [1.165, 1.54) is 23.4 Å². The van der Waals surface area contributed by atoms with Gasteiger partial charge in [-0.25, -0.2) is 8.42 Å². The zero-order chi connectivity index (χ0) is 20.7. The summed E-state index contributed by atoms with van der Waals surface area (Å²) >= 11 is 0. The van der Waals surface area contributed by atoms with Gasteiger partial charge in [0.1, 0.15) is 12.0 Å². The quantitative estimate of drug-likeness (QED) is 0.204. The van der Waals surface area contributed by atoms with E-state index in [2.05, 4.69) is 22.3 Å². The molecular formula is C19H34IN5O4S. The Balaban J connectivity index is 0.00000320. The SMILES string of the molecule is CCNC(=NCC1(CCOCC)CC1)N1CCN(S(=O)(=O)Cc2ccon2)CC1.I. The first kappa shape index (κ1) is 25.3. The molecule has 0 radical (unpaired) electrons. The summed E-state index contributed by atoms with van der Waals surface area (Å²) in [6, 6.07) is 1.59. The van der Waals surface area contributed by atoms with Gasteiger partial charge in [0.25, 0.3) is 0 Å².